The number of imide groups is 1. The largest absolute Gasteiger partial charge is 0.303 e. The van der Waals surface area contributed by atoms with Crippen molar-refractivity contribution in [1.29, 1.82) is 0 Å². The molecule has 9 heteroatoms. The van der Waals surface area contributed by atoms with Crippen molar-refractivity contribution < 1.29 is 9.59 Å². The van der Waals surface area contributed by atoms with Crippen LogP contribution in [-0.4, -0.2) is 33.6 Å². The number of aromatic nitrogens is 1. The summed E-state index contributed by atoms with van der Waals surface area (Å²) in [6.07, 6.45) is 1.46. The zero-order valence-corrected chi connectivity index (χ0v) is 14.7. The van der Waals surface area contributed by atoms with E-state index in [0.29, 0.717) is 27.8 Å². The van der Waals surface area contributed by atoms with Gasteiger partial charge in [0.15, 0.2) is 5.82 Å². The number of nitrogens with two attached hydrogens (primary N) is 1. The lowest BCUT2D eigenvalue weighted by Crippen LogP contribution is -2.46. The van der Waals surface area contributed by atoms with E-state index in [1.165, 1.54) is 6.20 Å². The zero-order valence-electron chi connectivity index (χ0n) is 13.1. The van der Waals surface area contributed by atoms with Crippen LogP contribution < -0.4 is 9.86 Å². The van der Waals surface area contributed by atoms with Gasteiger partial charge in [-0.2, -0.15) is 0 Å². The van der Waals surface area contributed by atoms with Gasteiger partial charge in [0, 0.05) is 18.3 Å². The summed E-state index contributed by atoms with van der Waals surface area (Å²) in [5.74, 6) is -0.0244. The highest BCUT2D eigenvalue weighted by atomic mass is 35.5. The van der Waals surface area contributed by atoms with E-state index in [0.717, 1.165) is 17.0 Å². The first-order valence-corrected chi connectivity index (χ1v) is 8.57. The molecule has 1 aliphatic rings. The van der Waals surface area contributed by atoms with Crippen LogP contribution >= 0.6 is 23.7 Å². The van der Waals surface area contributed by atoms with Gasteiger partial charge in [0.05, 0.1) is 22.2 Å². The molecule has 0 saturated heterocycles. The number of carbonyl (C=O) groups is 2. The van der Waals surface area contributed by atoms with Crippen LogP contribution in [0.25, 0.3) is 0 Å². The molecular formula is C16H14ClN5O2S. The summed E-state index contributed by atoms with van der Waals surface area (Å²) in [5.41, 5.74) is 0.757. The molecule has 1 aliphatic heterocycles. The number of amides is 2. The normalized spacial score (nSPS) is 15.3. The predicted octanol–water partition coefficient (Wildman–Crippen LogP) is 2.56. The van der Waals surface area contributed by atoms with E-state index < -0.39 is 6.04 Å². The fourth-order valence-corrected chi connectivity index (χ4v) is 2.95. The van der Waals surface area contributed by atoms with Crippen molar-refractivity contribution in [2.24, 2.45) is 10.1 Å². The SMILES string of the molecule is CC(C(=Nc1ccc(Cl)cn1)NSN)N1C(=O)c2ccccc2C1=O. The van der Waals surface area contributed by atoms with E-state index in [2.05, 4.69) is 14.7 Å². The highest BCUT2D eigenvalue weighted by Crippen LogP contribution is 2.25. The van der Waals surface area contributed by atoms with E-state index in [9.17, 15) is 9.59 Å². The molecule has 1 unspecified atom stereocenters. The van der Waals surface area contributed by atoms with E-state index in [4.69, 9.17) is 16.7 Å². The lowest BCUT2D eigenvalue weighted by Gasteiger charge is -2.24. The molecule has 0 aliphatic carbocycles. The van der Waals surface area contributed by atoms with Crippen LogP contribution in [0.3, 0.4) is 0 Å². The highest BCUT2D eigenvalue weighted by molar-refractivity contribution is 7.95. The summed E-state index contributed by atoms with van der Waals surface area (Å²) in [6.45, 7) is 1.69. The molecule has 1 aromatic carbocycles. The second-order valence-electron chi connectivity index (χ2n) is 5.25. The Morgan fingerprint density at radius 1 is 1.24 bits per heavy atom. The minimum Gasteiger partial charge on any atom is -0.303 e. The molecule has 0 saturated carbocycles. The van der Waals surface area contributed by atoms with Crippen LogP contribution in [0.15, 0.2) is 47.6 Å². The quantitative estimate of drug-likeness (QED) is 0.368. The van der Waals surface area contributed by atoms with Gasteiger partial charge in [-0.05, 0) is 31.2 Å². The van der Waals surface area contributed by atoms with Gasteiger partial charge in [-0.1, -0.05) is 23.7 Å². The van der Waals surface area contributed by atoms with Gasteiger partial charge >= 0.3 is 0 Å². The Balaban J connectivity index is 1.94. The smallest absolute Gasteiger partial charge is 0.262 e. The van der Waals surface area contributed by atoms with Crippen molar-refractivity contribution in [2.75, 3.05) is 0 Å². The van der Waals surface area contributed by atoms with Gasteiger partial charge in [-0.3, -0.25) is 19.6 Å². The van der Waals surface area contributed by atoms with Crippen molar-refractivity contribution in [3.05, 3.63) is 58.7 Å². The van der Waals surface area contributed by atoms with Crippen LogP contribution in [0.2, 0.25) is 5.02 Å². The molecule has 7 nitrogen and oxygen atoms in total. The second-order valence-corrected chi connectivity index (χ2v) is 6.13. The van der Waals surface area contributed by atoms with Gasteiger partial charge in [0.25, 0.3) is 11.8 Å². The summed E-state index contributed by atoms with van der Waals surface area (Å²) >= 11 is 6.64. The van der Waals surface area contributed by atoms with E-state index >= 15 is 0 Å². The van der Waals surface area contributed by atoms with Crippen molar-refractivity contribution in [2.45, 2.75) is 13.0 Å². The average Bonchev–Trinajstić information content (AvgIpc) is 2.87. The Bertz CT molecular complexity index is 821. The first kappa shape index (κ1) is 17.4. The van der Waals surface area contributed by atoms with Crippen LogP contribution in [0.5, 0.6) is 0 Å². The van der Waals surface area contributed by atoms with E-state index in [-0.39, 0.29) is 11.8 Å². The number of rotatable bonds is 4. The minimum absolute atomic E-state index is 0.330. The van der Waals surface area contributed by atoms with Gasteiger partial charge in [-0.25, -0.2) is 9.98 Å². The Morgan fingerprint density at radius 3 is 2.40 bits per heavy atom. The maximum atomic E-state index is 12.6. The molecule has 1 atom stereocenters. The van der Waals surface area contributed by atoms with Crippen LogP contribution in [0.1, 0.15) is 27.6 Å². The molecule has 0 spiro atoms. The fraction of sp³-hybridized carbons (Fsp3) is 0.125. The summed E-state index contributed by atoms with van der Waals surface area (Å²) in [7, 11) is 0. The number of hydrogen-bond donors (Lipinski definition) is 2. The number of nitrogens with zero attached hydrogens (tertiary/aromatic N) is 3. The molecule has 1 aromatic heterocycles. The summed E-state index contributed by atoms with van der Waals surface area (Å²) in [6, 6.07) is 9.32. The molecule has 128 valence electrons. The van der Waals surface area contributed by atoms with E-state index in [1.54, 1.807) is 43.3 Å². The van der Waals surface area contributed by atoms with Gasteiger partial charge in [0.1, 0.15) is 5.84 Å². The molecule has 25 heavy (non-hydrogen) atoms. The number of benzene rings is 1. The fourth-order valence-electron chi connectivity index (χ4n) is 2.50. The van der Waals surface area contributed by atoms with Gasteiger partial charge in [-0.15, -0.1) is 0 Å². The molecule has 0 bridgehead atoms. The Hall–Kier alpha value is -2.42. The maximum absolute atomic E-state index is 12.6. The van der Waals surface area contributed by atoms with Crippen molar-refractivity contribution in [3.63, 3.8) is 0 Å². The molecule has 3 N–H and O–H groups in total. The monoisotopic (exact) mass is 375 g/mol. The second kappa shape index (κ2) is 7.22. The third-order valence-corrected chi connectivity index (χ3v) is 4.27. The van der Waals surface area contributed by atoms with Crippen molar-refractivity contribution in [1.82, 2.24) is 14.6 Å². The number of carbonyl (C=O) groups excluding carboxylic acids is 2. The average molecular weight is 376 g/mol. The topological polar surface area (TPSA) is 101 Å². The van der Waals surface area contributed by atoms with E-state index in [1.807, 2.05) is 0 Å². The first-order chi connectivity index (χ1) is 12.0. The molecule has 0 radical (unpaired) electrons. The van der Waals surface area contributed by atoms with Crippen molar-refractivity contribution >= 4 is 47.2 Å². The van der Waals surface area contributed by atoms with Crippen LogP contribution in [0.4, 0.5) is 5.82 Å². The standard InChI is InChI=1S/C16H14ClN5O2S/c1-9(14(21-25-18)20-13-7-6-10(17)8-19-13)22-15(23)11-4-2-3-5-12(11)16(22)24/h2-9H,18H2,1H3,(H,19,20,21). The number of fused-ring (bicyclic) bond motifs is 1. The lowest BCUT2D eigenvalue weighted by atomic mass is 10.1. The van der Waals surface area contributed by atoms with Crippen LogP contribution in [-0.2, 0) is 0 Å². The number of amidine groups is 1. The molecule has 3 rings (SSSR count). The summed E-state index contributed by atoms with van der Waals surface area (Å²) < 4.78 is 2.82. The molecule has 2 heterocycles. The van der Waals surface area contributed by atoms with Crippen LogP contribution in [0, 0.1) is 0 Å². The Kier molecular flexibility index (Phi) is 5.03. The van der Waals surface area contributed by atoms with Gasteiger partial charge < -0.3 is 4.72 Å². The molecule has 2 aromatic rings. The number of hydrogen-bond acceptors (Lipinski definition) is 6. The molecule has 0 fully saturated rings. The number of pyridine rings is 1. The number of halogens is 1. The lowest BCUT2D eigenvalue weighted by molar-refractivity contribution is 0.0634. The summed E-state index contributed by atoms with van der Waals surface area (Å²) in [4.78, 5) is 34.8. The number of nitrogens with one attached hydrogen (secondary N) is 1. The minimum atomic E-state index is -0.652. The molecule has 2 amide bonds. The zero-order chi connectivity index (χ0) is 18.0. The number of aliphatic imine (C=N–C) groups is 1. The molecular weight excluding hydrogens is 362 g/mol. The predicted molar refractivity (Wildman–Crippen MR) is 97.7 cm³/mol. The van der Waals surface area contributed by atoms with Crippen molar-refractivity contribution in [3.8, 4) is 0 Å². The third-order valence-electron chi connectivity index (χ3n) is 3.72. The first-order valence-electron chi connectivity index (χ1n) is 7.31. The highest BCUT2D eigenvalue weighted by Gasteiger charge is 2.39. The van der Waals surface area contributed by atoms with Gasteiger partial charge in [0.2, 0.25) is 0 Å². The third kappa shape index (κ3) is 3.37. The summed E-state index contributed by atoms with van der Waals surface area (Å²) in [5, 5.41) is 5.97. The Labute approximate surface area is 153 Å². The Morgan fingerprint density at radius 2 is 1.88 bits per heavy atom. The maximum Gasteiger partial charge on any atom is 0.262 e.